The van der Waals surface area contributed by atoms with Crippen molar-refractivity contribution in [2.75, 3.05) is 13.1 Å². The van der Waals surface area contributed by atoms with Crippen LogP contribution < -0.4 is 5.32 Å². The van der Waals surface area contributed by atoms with Crippen molar-refractivity contribution in [2.24, 2.45) is 7.05 Å². The average molecular weight is 294 g/mol. The highest BCUT2D eigenvalue weighted by molar-refractivity contribution is 5.98. The molecule has 114 valence electrons. The van der Waals surface area contributed by atoms with E-state index in [1.807, 2.05) is 6.92 Å². The van der Waals surface area contributed by atoms with Crippen LogP contribution in [0.5, 0.6) is 0 Å². The number of carboxylic acid groups (broad SMARTS) is 1. The number of amides is 2. The molecule has 0 spiro atoms. The molecule has 1 unspecified atom stereocenters. The van der Waals surface area contributed by atoms with Crippen molar-refractivity contribution in [3.63, 3.8) is 0 Å². The van der Waals surface area contributed by atoms with Crippen LogP contribution in [0, 0.1) is 0 Å². The highest BCUT2D eigenvalue weighted by Gasteiger charge is 2.36. The lowest BCUT2D eigenvalue weighted by Crippen LogP contribution is -2.58. The van der Waals surface area contributed by atoms with E-state index in [9.17, 15) is 14.4 Å². The monoisotopic (exact) mass is 294 g/mol. The molecule has 1 aromatic rings. The van der Waals surface area contributed by atoms with Crippen LogP contribution in [-0.4, -0.2) is 56.7 Å². The van der Waals surface area contributed by atoms with Gasteiger partial charge < -0.3 is 15.3 Å². The topological polar surface area (TPSA) is 105 Å². The molecule has 8 heteroatoms. The summed E-state index contributed by atoms with van der Waals surface area (Å²) < 4.78 is 1.46. The minimum absolute atomic E-state index is 0.287. The predicted molar refractivity (Wildman–Crippen MR) is 72.7 cm³/mol. The normalized spacial score (nSPS) is 18.5. The Hall–Kier alpha value is -2.38. The van der Waals surface area contributed by atoms with Crippen molar-refractivity contribution in [1.82, 2.24) is 20.0 Å². The predicted octanol–water partition coefficient (Wildman–Crippen LogP) is -0.602. The van der Waals surface area contributed by atoms with Gasteiger partial charge in [-0.05, 0) is 12.5 Å². The number of aryl methyl sites for hydroxylation is 2. The summed E-state index contributed by atoms with van der Waals surface area (Å²) in [5.74, 6) is -1.92. The lowest BCUT2D eigenvalue weighted by atomic mass is 10.1. The van der Waals surface area contributed by atoms with Gasteiger partial charge in [0.1, 0.15) is 11.7 Å². The van der Waals surface area contributed by atoms with Gasteiger partial charge in [0.2, 0.25) is 5.91 Å². The molecule has 2 amide bonds. The van der Waals surface area contributed by atoms with Crippen molar-refractivity contribution in [3.8, 4) is 0 Å². The van der Waals surface area contributed by atoms with Crippen LogP contribution in [-0.2, 0) is 23.1 Å². The third kappa shape index (κ3) is 3.04. The maximum atomic E-state index is 12.6. The highest BCUT2D eigenvalue weighted by Crippen LogP contribution is 2.15. The number of carboxylic acids is 1. The quantitative estimate of drug-likeness (QED) is 0.771. The van der Waals surface area contributed by atoms with Gasteiger partial charge in [-0.25, -0.2) is 0 Å². The van der Waals surface area contributed by atoms with E-state index in [1.165, 1.54) is 9.58 Å². The number of nitrogens with zero attached hydrogens (tertiary/aromatic N) is 3. The van der Waals surface area contributed by atoms with Crippen LogP contribution in [0.2, 0.25) is 0 Å². The number of carbonyl (C=O) groups is 3. The lowest BCUT2D eigenvalue weighted by Gasteiger charge is -2.34. The molecule has 0 aliphatic carbocycles. The summed E-state index contributed by atoms with van der Waals surface area (Å²) in [5, 5.41) is 15.7. The second-order valence-corrected chi connectivity index (χ2v) is 4.90. The fourth-order valence-electron chi connectivity index (χ4n) is 2.37. The zero-order valence-electron chi connectivity index (χ0n) is 12.0. The number of aliphatic carboxylic acids is 1. The first-order chi connectivity index (χ1) is 9.93. The van der Waals surface area contributed by atoms with E-state index >= 15 is 0 Å². The van der Waals surface area contributed by atoms with Gasteiger partial charge in [-0.2, -0.15) is 5.10 Å². The second kappa shape index (κ2) is 5.94. The van der Waals surface area contributed by atoms with Crippen LogP contribution in [0.3, 0.4) is 0 Å². The van der Waals surface area contributed by atoms with Gasteiger partial charge in [-0.15, -0.1) is 0 Å². The summed E-state index contributed by atoms with van der Waals surface area (Å²) in [6.45, 7) is 2.53. The number of carbonyl (C=O) groups excluding carboxylic acids is 2. The number of hydrogen-bond acceptors (Lipinski definition) is 4. The Labute approximate surface area is 121 Å². The first-order valence-corrected chi connectivity index (χ1v) is 6.77. The highest BCUT2D eigenvalue weighted by atomic mass is 16.4. The van der Waals surface area contributed by atoms with Crippen LogP contribution >= 0.6 is 0 Å². The number of hydrogen-bond donors (Lipinski definition) is 2. The van der Waals surface area contributed by atoms with Gasteiger partial charge in [-0.1, -0.05) is 6.92 Å². The van der Waals surface area contributed by atoms with Crippen LogP contribution in [0.25, 0.3) is 0 Å². The van der Waals surface area contributed by atoms with Gasteiger partial charge in [0, 0.05) is 20.1 Å². The SMILES string of the molecule is CCc1cc(C(=O)N2CCNC(=O)C2CC(=O)O)n(C)n1. The minimum Gasteiger partial charge on any atom is -0.481 e. The Morgan fingerprint density at radius 2 is 2.24 bits per heavy atom. The summed E-state index contributed by atoms with van der Waals surface area (Å²) in [4.78, 5) is 36.6. The molecule has 1 aliphatic rings. The number of nitrogens with one attached hydrogen (secondary N) is 1. The number of piperazine rings is 1. The van der Waals surface area contributed by atoms with E-state index in [4.69, 9.17) is 5.11 Å². The van der Waals surface area contributed by atoms with Gasteiger partial charge in [0.05, 0.1) is 12.1 Å². The molecule has 1 aromatic heterocycles. The minimum atomic E-state index is -1.12. The van der Waals surface area contributed by atoms with Crippen molar-refractivity contribution in [2.45, 2.75) is 25.8 Å². The molecule has 1 atom stereocenters. The summed E-state index contributed by atoms with van der Waals surface area (Å²) in [6, 6.07) is 0.691. The molecule has 2 N–H and O–H groups in total. The molecule has 2 rings (SSSR count). The van der Waals surface area contributed by atoms with Gasteiger partial charge in [0.15, 0.2) is 0 Å². The standard InChI is InChI=1S/C13H18N4O4/c1-3-8-6-10(16(2)15-8)13(21)17-5-4-14-12(20)9(17)7-11(18)19/h6,9H,3-5,7H2,1-2H3,(H,14,20)(H,18,19). The molecule has 0 radical (unpaired) electrons. The molecule has 0 aromatic carbocycles. The third-order valence-electron chi connectivity index (χ3n) is 3.47. The average Bonchev–Trinajstić information content (AvgIpc) is 2.81. The zero-order chi connectivity index (χ0) is 15.6. The van der Waals surface area contributed by atoms with E-state index in [0.717, 1.165) is 5.69 Å². The summed E-state index contributed by atoms with van der Waals surface area (Å²) >= 11 is 0. The summed E-state index contributed by atoms with van der Waals surface area (Å²) in [5.41, 5.74) is 1.13. The first kappa shape index (κ1) is 15.0. The maximum Gasteiger partial charge on any atom is 0.305 e. The maximum absolute atomic E-state index is 12.6. The second-order valence-electron chi connectivity index (χ2n) is 4.90. The molecule has 8 nitrogen and oxygen atoms in total. The summed E-state index contributed by atoms with van der Waals surface area (Å²) in [6.07, 6.45) is 0.288. The molecule has 1 fully saturated rings. The summed E-state index contributed by atoms with van der Waals surface area (Å²) in [7, 11) is 1.66. The molecule has 1 saturated heterocycles. The molecule has 0 bridgehead atoms. The smallest absolute Gasteiger partial charge is 0.305 e. The van der Waals surface area contributed by atoms with E-state index in [0.29, 0.717) is 18.7 Å². The largest absolute Gasteiger partial charge is 0.481 e. The van der Waals surface area contributed by atoms with E-state index < -0.39 is 24.3 Å². The van der Waals surface area contributed by atoms with Gasteiger partial charge in [0.25, 0.3) is 5.91 Å². The Kier molecular flexibility index (Phi) is 4.25. The van der Waals surface area contributed by atoms with Crippen molar-refractivity contribution >= 4 is 17.8 Å². The Morgan fingerprint density at radius 3 is 2.81 bits per heavy atom. The Bertz CT molecular complexity index is 581. The number of aromatic nitrogens is 2. The van der Waals surface area contributed by atoms with Crippen LogP contribution in [0.4, 0.5) is 0 Å². The molecule has 0 saturated carbocycles. The van der Waals surface area contributed by atoms with Crippen LogP contribution in [0.15, 0.2) is 6.07 Å². The fraction of sp³-hybridized carbons (Fsp3) is 0.538. The molecule has 2 heterocycles. The third-order valence-corrected chi connectivity index (χ3v) is 3.47. The molecule has 1 aliphatic heterocycles. The Morgan fingerprint density at radius 1 is 1.52 bits per heavy atom. The van der Waals surface area contributed by atoms with Gasteiger partial charge in [-0.3, -0.25) is 19.1 Å². The molecular formula is C13H18N4O4. The van der Waals surface area contributed by atoms with Gasteiger partial charge >= 0.3 is 5.97 Å². The van der Waals surface area contributed by atoms with Crippen molar-refractivity contribution in [3.05, 3.63) is 17.5 Å². The number of rotatable bonds is 4. The lowest BCUT2D eigenvalue weighted by molar-refractivity contribution is -0.142. The molecule has 21 heavy (non-hydrogen) atoms. The van der Waals surface area contributed by atoms with Crippen molar-refractivity contribution in [1.29, 1.82) is 0 Å². The first-order valence-electron chi connectivity index (χ1n) is 6.77. The molecular weight excluding hydrogens is 276 g/mol. The van der Waals surface area contributed by atoms with Crippen LogP contribution in [0.1, 0.15) is 29.5 Å². The van der Waals surface area contributed by atoms with Crippen molar-refractivity contribution < 1.29 is 19.5 Å². The fourth-order valence-corrected chi connectivity index (χ4v) is 2.37. The van der Waals surface area contributed by atoms with E-state index in [-0.39, 0.29) is 12.5 Å². The Balaban J connectivity index is 2.27. The van der Waals surface area contributed by atoms with E-state index in [1.54, 1.807) is 13.1 Å². The van der Waals surface area contributed by atoms with E-state index in [2.05, 4.69) is 10.4 Å². The zero-order valence-corrected chi connectivity index (χ0v) is 12.0.